The molecule has 0 aromatic carbocycles. The molecule has 0 saturated carbocycles. The normalized spacial score (nSPS) is 20.7. The van der Waals surface area contributed by atoms with Gasteiger partial charge in [0.2, 0.25) is 5.91 Å². The van der Waals surface area contributed by atoms with E-state index in [4.69, 9.17) is 0 Å². The molecule has 1 atom stereocenters. The molecule has 1 N–H and O–H groups in total. The standard InChI is InChI=1S/C9H11N3OS/c13-9(7-4-2-1-3-5-7)11-8-6-10-12-14-8/h1-2,6-7H,3-5H2,(H,11,13)/t7-/m0/s1. The molecule has 1 amide bonds. The van der Waals surface area contributed by atoms with Crippen LogP contribution in [0.25, 0.3) is 0 Å². The monoisotopic (exact) mass is 209 g/mol. The average molecular weight is 209 g/mol. The van der Waals surface area contributed by atoms with Gasteiger partial charge >= 0.3 is 0 Å². The van der Waals surface area contributed by atoms with E-state index >= 15 is 0 Å². The third-order valence-electron chi connectivity index (χ3n) is 2.25. The second kappa shape index (κ2) is 4.32. The van der Waals surface area contributed by atoms with Crippen molar-refractivity contribution in [3.05, 3.63) is 18.3 Å². The van der Waals surface area contributed by atoms with Crippen molar-refractivity contribution in [3.8, 4) is 0 Å². The minimum Gasteiger partial charge on any atom is -0.315 e. The van der Waals surface area contributed by atoms with Crippen LogP contribution in [-0.2, 0) is 4.79 Å². The number of amides is 1. The van der Waals surface area contributed by atoms with Crippen LogP contribution in [-0.4, -0.2) is 15.5 Å². The van der Waals surface area contributed by atoms with Gasteiger partial charge in [-0.2, -0.15) is 0 Å². The van der Waals surface area contributed by atoms with Crippen molar-refractivity contribution in [2.75, 3.05) is 5.32 Å². The van der Waals surface area contributed by atoms with Gasteiger partial charge in [0.25, 0.3) is 0 Å². The molecule has 1 aliphatic rings. The maximum Gasteiger partial charge on any atom is 0.228 e. The molecular weight excluding hydrogens is 198 g/mol. The minimum atomic E-state index is 0.0837. The summed E-state index contributed by atoms with van der Waals surface area (Å²) in [5.74, 6) is 0.197. The number of carbonyl (C=O) groups excluding carboxylic acids is 1. The van der Waals surface area contributed by atoms with Gasteiger partial charge in [-0.25, -0.2) is 0 Å². The summed E-state index contributed by atoms with van der Waals surface area (Å²) in [7, 11) is 0. The van der Waals surface area contributed by atoms with Crippen LogP contribution in [0.2, 0.25) is 0 Å². The van der Waals surface area contributed by atoms with E-state index in [9.17, 15) is 4.79 Å². The van der Waals surface area contributed by atoms with Gasteiger partial charge in [-0.05, 0) is 19.3 Å². The highest BCUT2D eigenvalue weighted by Crippen LogP contribution is 2.20. The van der Waals surface area contributed by atoms with Gasteiger partial charge in [-0.15, -0.1) is 5.10 Å². The van der Waals surface area contributed by atoms with Crippen molar-refractivity contribution in [1.82, 2.24) is 9.59 Å². The van der Waals surface area contributed by atoms with Crippen LogP contribution in [0.5, 0.6) is 0 Å². The number of nitrogens with one attached hydrogen (secondary N) is 1. The Labute approximate surface area is 86.2 Å². The summed E-state index contributed by atoms with van der Waals surface area (Å²) in [6, 6.07) is 0. The number of hydrogen-bond donors (Lipinski definition) is 1. The molecule has 1 aromatic heterocycles. The lowest BCUT2D eigenvalue weighted by molar-refractivity contribution is -0.120. The zero-order valence-corrected chi connectivity index (χ0v) is 8.46. The Hall–Kier alpha value is -1.23. The van der Waals surface area contributed by atoms with E-state index in [-0.39, 0.29) is 11.8 Å². The van der Waals surface area contributed by atoms with Crippen LogP contribution in [0.4, 0.5) is 5.00 Å². The second-order valence-electron chi connectivity index (χ2n) is 3.25. The Morgan fingerprint density at radius 1 is 1.57 bits per heavy atom. The fraction of sp³-hybridized carbons (Fsp3) is 0.444. The van der Waals surface area contributed by atoms with Crippen molar-refractivity contribution in [2.24, 2.45) is 5.92 Å². The van der Waals surface area contributed by atoms with Crippen LogP contribution in [0.15, 0.2) is 18.3 Å². The zero-order valence-electron chi connectivity index (χ0n) is 7.64. The van der Waals surface area contributed by atoms with E-state index in [0.717, 1.165) is 24.3 Å². The van der Waals surface area contributed by atoms with E-state index in [0.29, 0.717) is 0 Å². The predicted molar refractivity (Wildman–Crippen MR) is 55.0 cm³/mol. The molecule has 0 unspecified atom stereocenters. The molecule has 0 spiro atoms. The van der Waals surface area contributed by atoms with Gasteiger partial charge in [0.15, 0.2) is 0 Å². The molecule has 2 rings (SSSR count). The molecule has 1 heterocycles. The molecule has 4 nitrogen and oxygen atoms in total. The van der Waals surface area contributed by atoms with Crippen molar-refractivity contribution in [3.63, 3.8) is 0 Å². The van der Waals surface area contributed by atoms with E-state index in [1.807, 2.05) is 0 Å². The number of anilines is 1. The first kappa shape index (κ1) is 9.33. The third kappa shape index (κ3) is 2.17. The van der Waals surface area contributed by atoms with Crippen molar-refractivity contribution in [2.45, 2.75) is 19.3 Å². The average Bonchev–Trinajstić information content (AvgIpc) is 2.72. The molecule has 1 aliphatic carbocycles. The largest absolute Gasteiger partial charge is 0.315 e. The maximum atomic E-state index is 11.7. The number of nitrogens with zero attached hydrogens (tertiary/aromatic N) is 2. The van der Waals surface area contributed by atoms with Crippen LogP contribution in [0.1, 0.15) is 19.3 Å². The minimum absolute atomic E-state index is 0.0837. The van der Waals surface area contributed by atoms with Crippen LogP contribution >= 0.6 is 11.5 Å². The Bertz CT molecular complexity index is 334. The third-order valence-corrected chi connectivity index (χ3v) is 2.83. The van der Waals surface area contributed by atoms with E-state index in [1.54, 1.807) is 6.20 Å². The Morgan fingerprint density at radius 3 is 3.14 bits per heavy atom. The molecule has 74 valence electrons. The summed E-state index contributed by atoms with van der Waals surface area (Å²) < 4.78 is 3.68. The Morgan fingerprint density at radius 2 is 2.50 bits per heavy atom. The number of hydrogen-bond acceptors (Lipinski definition) is 4. The first-order chi connectivity index (χ1) is 6.86. The number of carbonyl (C=O) groups is 1. The lowest BCUT2D eigenvalue weighted by Crippen LogP contribution is -2.22. The molecule has 0 aliphatic heterocycles. The molecule has 0 bridgehead atoms. The molecule has 0 fully saturated rings. The summed E-state index contributed by atoms with van der Waals surface area (Å²) >= 11 is 1.20. The first-order valence-corrected chi connectivity index (χ1v) is 5.37. The zero-order chi connectivity index (χ0) is 9.80. The summed E-state index contributed by atoms with van der Waals surface area (Å²) in [5, 5.41) is 7.20. The van der Waals surface area contributed by atoms with Gasteiger partial charge in [0.1, 0.15) is 5.00 Å². The topological polar surface area (TPSA) is 54.9 Å². The Kier molecular flexibility index (Phi) is 2.88. The molecule has 1 aromatic rings. The van der Waals surface area contributed by atoms with Gasteiger partial charge in [-0.1, -0.05) is 16.6 Å². The summed E-state index contributed by atoms with van der Waals surface area (Å²) in [4.78, 5) is 11.7. The molecule has 14 heavy (non-hydrogen) atoms. The summed E-state index contributed by atoms with van der Waals surface area (Å²) in [6.07, 6.45) is 8.55. The van der Waals surface area contributed by atoms with E-state index in [1.165, 1.54) is 11.5 Å². The number of allylic oxidation sites excluding steroid dienone is 2. The van der Waals surface area contributed by atoms with Gasteiger partial charge < -0.3 is 5.32 Å². The lowest BCUT2D eigenvalue weighted by Gasteiger charge is -2.15. The highest BCUT2D eigenvalue weighted by molar-refractivity contribution is 7.10. The predicted octanol–water partition coefficient (Wildman–Crippen LogP) is 1.83. The van der Waals surface area contributed by atoms with Crippen molar-refractivity contribution >= 4 is 22.4 Å². The van der Waals surface area contributed by atoms with Gasteiger partial charge in [0.05, 0.1) is 6.20 Å². The first-order valence-electron chi connectivity index (χ1n) is 4.59. The smallest absolute Gasteiger partial charge is 0.228 e. The van der Waals surface area contributed by atoms with Crippen LogP contribution in [0, 0.1) is 5.92 Å². The quantitative estimate of drug-likeness (QED) is 0.756. The fourth-order valence-corrected chi connectivity index (χ4v) is 1.90. The van der Waals surface area contributed by atoms with Gasteiger partial charge in [-0.3, -0.25) is 4.79 Å². The molecular formula is C9H11N3OS. The van der Waals surface area contributed by atoms with E-state index in [2.05, 4.69) is 27.1 Å². The molecule has 0 saturated heterocycles. The molecule has 0 radical (unpaired) electrons. The van der Waals surface area contributed by atoms with Gasteiger partial charge in [0, 0.05) is 17.5 Å². The van der Waals surface area contributed by atoms with Crippen LogP contribution in [0.3, 0.4) is 0 Å². The number of rotatable bonds is 2. The number of aromatic nitrogens is 2. The SMILES string of the molecule is O=C(Nc1cnns1)[C@H]1CC=CCC1. The van der Waals surface area contributed by atoms with E-state index < -0.39 is 0 Å². The highest BCUT2D eigenvalue weighted by Gasteiger charge is 2.18. The van der Waals surface area contributed by atoms with Crippen molar-refractivity contribution < 1.29 is 4.79 Å². The lowest BCUT2D eigenvalue weighted by atomic mass is 9.94. The summed E-state index contributed by atoms with van der Waals surface area (Å²) in [5.41, 5.74) is 0. The highest BCUT2D eigenvalue weighted by atomic mass is 32.1. The molecule has 5 heteroatoms. The van der Waals surface area contributed by atoms with Crippen molar-refractivity contribution in [1.29, 1.82) is 0 Å². The maximum absolute atomic E-state index is 11.7. The fourth-order valence-electron chi connectivity index (χ4n) is 1.48. The summed E-state index contributed by atoms with van der Waals surface area (Å²) in [6.45, 7) is 0. The van der Waals surface area contributed by atoms with Crippen LogP contribution < -0.4 is 5.32 Å². The second-order valence-corrected chi connectivity index (χ2v) is 4.04. The Balaban J connectivity index is 1.92.